The minimum atomic E-state index is 0.208. The summed E-state index contributed by atoms with van der Waals surface area (Å²) in [6, 6.07) is 21.0. The molecule has 1 aliphatic heterocycles. The standard InChI is InChI=1S/C36H38NS/c1-22-26-15-8-9-16-27(26)29(21-36(2,3)4)35-31(22)34-33-28(17-18-37(34)5)32-24(19-23-11-6-7-12-23)13-10-14-25(32)20-30(33)38-35/h8-10,13-18,20,23H,6-7,11-12,19,21H2,1-5H3/q+1. The minimum Gasteiger partial charge on any atom is -0.200 e. The van der Waals surface area contributed by atoms with E-state index in [1.165, 1.54) is 96.6 Å². The molecule has 2 heterocycles. The molecule has 0 bridgehead atoms. The Morgan fingerprint density at radius 1 is 0.895 bits per heavy atom. The molecule has 2 aliphatic rings. The highest BCUT2D eigenvalue weighted by atomic mass is 32.2. The van der Waals surface area contributed by atoms with Crippen molar-refractivity contribution in [2.24, 2.45) is 18.4 Å². The first-order valence-electron chi connectivity index (χ1n) is 14.4. The van der Waals surface area contributed by atoms with Gasteiger partial charge in [-0.3, -0.25) is 0 Å². The predicted octanol–water partition coefficient (Wildman–Crippen LogP) is 9.73. The number of hydrogen-bond donors (Lipinski definition) is 0. The number of aromatic nitrogens is 1. The molecule has 1 nitrogen and oxygen atoms in total. The fraction of sp³-hybridized carbons (Fsp3) is 0.361. The molecule has 0 amide bonds. The molecule has 1 aliphatic carbocycles. The first kappa shape index (κ1) is 24.2. The van der Waals surface area contributed by atoms with Crippen molar-refractivity contribution in [1.29, 1.82) is 0 Å². The fourth-order valence-electron chi connectivity index (χ4n) is 7.33. The number of nitrogens with zero attached hydrogens (tertiary/aromatic N) is 1. The van der Waals surface area contributed by atoms with E-state index >= 15 is 0 Å². The van der Waals surface area contributed by atoms with Crippen LogP contribution in [0.15, 0.2) is 70.6 Å². The summed E-state index contributed by atoms with van der Waals surface area (Å²) in [4.78, 5) is 2.88. The SMILES string of the molecule is Cc1c2c(c(CC(C)(C)C)c3ccccc13)Sc1cc3cccc(CC4CCCC4)c3c3cc[n+](C)c-2c13. The number of rotatable bonds is 3. The normalized spacial score (nSPS) is 15.6. The number of benzene rings is 4. The van der Waals surface area contributed by atoms with E-state index in [1.807, 2.05) is 11.8 Å². The molecule has 1 fully saturated rings. The lowest BCUT2D eigenvalue weighted by Gasteiger charge is -2.28. The molecule has 2 heteroatoms. The zero-order chi connectivity index (χ0) is 26.2. The van der Waals surface area contributed by atoms with Gasteiger partial charge in [0.2, 0.25) is 5.69 Å². The first-order valence-corrected chi connectivity index (χ1v) is 15.2. The summed E-state index contributed by atoms with van der Waals surface area (Å²) < 4.78 is 2.39. The van der Waals surface area contributed by atoms with Crippen molar-refractivity contribution < 1.29 is 4.57 Å². The van der Waals surface area contributed by atoms with Gasteiger partial charge in [-0.2, -0.15) is 0 Å². The average molecular weight is 517 g/mol. The third-order valence-corrected chi connectivity index (χ3v) is 10.2. The molecule has 1 aromatic heterocycles. The molecular weight excluding hydrogens is 478 g/mol. The number of hydrogen-bond acceptors (Lipinski definition) is 1. The molecule has 0 atom stereocenters. The van der Waals surface area contributed by atoms with E-state index in [4.69, 9.17) is 0 Å². The smallest absolute Gasteiger partial charge is 0.200 e. The van der Waals surface area contributed by atoms with Gasteiger partial charge in [0.1, 0.15) is 7.05 Å². The second-order valence-corrected chi connectivity index (χ2v) is 14.1. The van der Waals surface area contributed by atoms with Crippen LogP contribution in [0.2, 0.25) is 0 Å². The highest BCUT2D eigenvalue weighted by Crippen LogP contribution is 2.53. The van der Waals surface area contributed by atoms with Crippen molar-refractivity contribution in [2.75, 3.05) is 0 Å². The van der Waals surface area contributed by atoms with Gasteiger partial charge >= 0.3 is 0 Å². The Bertz CT molecular complexity index is 1750. The summed E-state index contributed by atoms with van der Waals surface area (Å²) >= 11 is 2.02. The Morgan fingerprint density at radius 3 is 2.42 bits per heavy atom. The Balaban J connectivity index is 1.57. The fourth-order valence-corrected chi connectivity index (χ4v) is 8.70. The van der Waals surface area contributed by atoms with E-state index in [0.29, 0.717) is 0 Å². The number of aryl methyl sites for hydroxylation is 2. The van der Waals surface area contributed by atoms with Gasteiger partial charge < -0.3 is 0 Å². The predicted molar refractivity (Wildman–Crippen MR) is 163 cm³/mol. The molecule has 0 unspecified atom stereocenters. The van der Waals surface area contributed by atoms with Gasteiger partial charge in [-0.05, 0) is 75.4 Å². The third kappa shape index (κ3) is 3.79. The monoisotopic (exact) mass is 516 g/mol. The zero-order valence-electron chi connectivity index (χ0n) is 23.4. The summed E-state index contributed by atoms with van der Waals surface area (Å²) in [6.45, 7) is 9.46. The van der Waals surface area contributed by atoms with Crippen LogP contribution in [0.3, 0.4) is 0 Å². The van der Waals surface area contributed by atoms with Crippen LogP contribution in [0, 0.1) is 18.3 Å². The van der Waals surface area contributed by atoms with Crippen molar-refractivity contribution in [3.05, 3.63) is 77.5 Å². The van der Waals surface area contributed by atoms with Crippen LogP contribution < -0.4 is 4.57 Å². The summed E-state index contributed by atoms with van der Waals surface area (Å²) in [5.74, 6) is 0.839. The van der Waals surface area contributed by atoms with E-state index in [-0.39, 0.29) is 5.41 Å². The van der Waals surface area contributed by atoms with Crippen molar-refractivity contribution in [3.63, 3.8) is 0 Å². The lowest BCUT2D eigenvalue weighted by atomic mass is 9.82. The highest BCUT2D eigenvalue weighted by molar-refractivity contribution is 8.00. The van der Waals surface area contributed by atoms with Crippen LogP contribution in [-0.4, -0.2) is 0 Å². The average Bonchev–Trinajstić information content (AvgIpc) is 3.40. The maximum Gasteiger partial charge on any atom is 0.222 e. The van der Waals surface area contributed by atoms with Gasteiger partial charge in [-0.25, -0.2) is 4.57 Å². The maximum absolute atomic E-state index is 2.50. The summed E-state index contributed by atoms with van der Waals surface area (Å²) in [5, 5.41) is 8.57. The first-order chi connectivity index (χ1) is 18.3. The molecular formula is C36H38NS+. The lowest BCUT2D eigenvalue weighted by Crippen LogP contribution is -2.32. The van der Waals surface area contributed by atoms with E-state index in [2.05, 4.69) is 100 Å². The van der Waals surface area contributed by atoms with Crippen LogP contribution in [0.4, 0.5) is 0 Å². The molecule has 1 saturated carbocycles. The molecule has 4 aromatic carbocycles. The van der Waals surface area contributed by atoms with Crippen LogP contribution in [0.5, 0.6) is 0 Å². The van der Waals surface area contributed by atoms with Crippen molar-refractivity contribution in [2.45, 2.75) is 76.0 Å². The Labute approximate surface area is 231 Å². The van der Waals surface area contributed by atoms with Gasteiger partial charge in [-0.1, -0.05) is 101 Å². The zero-order valence-corrected chi connectivity index (χ0v) is 24.3. The molecule has 0 spiro atoms. The molecule has 0 saturated heterocycles. The maximum atomic E-state index is 2.50. The third-order valence-electron chi connectivity index (χ3n) is 8.98. The topological polar surface area (TPSA) is 3.88 Å². The molecule has 5 aromatic rings. The molecule has 0 radical (unpaired) electrons. The number of pyridine rings is 1. The van der Waals surface area contributed by atoms with Crippen LogP contribution >= 0.6 is 11.8 Å². The van der Waals surface area contributed by atoms with Crippen LogP contribution in [-0.2, 0) is 19.9 Å². The van der Waals surface area contributed by atoms with Crippen molar-refractivity contribution in [3.8, 4) is 11.3 Å². The minimum absolute atomic E-state index is 0.208. The molecule has 192 valence electrons. The van der Waals surface area contributed by atoms with Crippen LogP contribution in [0.1, 0.15) is 63.1 Å². The second-order valence-electron chi connectivity index (χ2n) is 13.0. The summed E-state index contributed by atoms with van der Waals surface area (Å²) in [7, 11) is 2.24. The van der Waals surface area contributed by atoms with E-state index in [0.717, 1.165) is 12.3 Å². The highest BCUT2D eigenvalue weighted by Gasteiger charge is 2.33. The van der Waals surface area contributed by atoms with Gasteiger partial charge in [0, 0.05) is 21.2 Å². The van der Waals surface area contributed by atoms with Gasteiger partial charge in [0.15, 0.2) is 6.20 Å². The second kappa shape index (κ2) is 8.85. The summed E-state index contributed by atoms with van der Waals surface area (Å²) in [6.07, 6.45) is 10.2. The van der Waals surface area contributed by atoms with Gasteiger partial charge in [0.05, 0.1) is 10.9 Å². The molecule has 0 N–H and O–H groups in total. The van der Waals surface area contributed by atoms with E-state index in [9.17, 15) is 0 Å². The van der Waals surface area contributed by atoms with E-state index in [1.54, 1.807) is 5.56 Å². The van der Waals surface area contributed by atoms with Crippen molar-refractivity contribution in [1.82, 2.24) is 0 Å². The Hall–Kier alpha value is -2.84. The van der Waals surface area contributed by atoms with Gasteiger partial charge in [-0.15, -0.1) is 0 Å². The Morgan fingerprint density at radius 2 is 1.66 bits per heavy atom. The Kier molecular flexibility index (Phi) is 5.64. The quantitative estimate of drug-likeness (QED) is 0.167. The molecule has 7 rings (SSSR count). The summed E-state index contributed by atoms with van der Waals surface area (Å²) in [5.41, 5.74) is 7.51. The molecule has 38 heavy (non-hydrogen) atoms. The largest absolute Gasteiger partial charge is 0.222 e. The lowest BCUT2D eigenvalue weighted by molar-refractivity contribution is -0.659. The number of fused-ring (bicyclic) bond motifs is 5. The van der Waals surface area contributed by atoms with Crippen LogP contribution in [0.25, 0.3) is 43.6 Å². The van der Waals surface area contributed by atoms with Crippen molar-refractivity contribution >= 4 is 44.1 Å². The van der Waals surface area contributed by atoms with Gasteiger partial charge in [0.25, 0.3) is 0 Å². The van der Waals surface area contributed by atoms with E-state index < -0.39 is 0 Å².